The molecule has 0 unspecified atom stereocenters. The maximum Gasteiger partial charge on any atom is 0.329 e. The Morgan fingerprint density at radius 1 is 1.39 bits per heavy atom. The molecular formula is C16H26N2O3SSi. The summed E-state index contributed by atoms with van der Waals surface area (Å²) in [5.74, 6) is 0. The van der Waals surface area contributed by atoms with E-state index in [0.717, 1.165) is 4.91 Å². The Hall–Kier alpha value is -1.05. The fourth-order valence-electron chi connectivity index (χ4n) is 2.23. The maximum atomic E-state index is 12.1. The van der Waals surface area contributed by atoms with Crippen molar-refractivity contribution in [2.45, 2.75) is 63.7 Å². The van der Waals surface area contributed by atoms with E-state index in [-0.39, 0.29) is 27.8 Å². The number of aryl methyl sites for hydroxylation is 1. The third kappa shape index (κ3) is 3.72. The molecule has 128 valence electrons. The Bertz CT molecular complexity index is 730. The first-order valence-electron chi connectivity index (χ1n) is 7.78. The molecular weight excluding hydrogens is 328 g/mol. The zero-order valence-corrected chi connectivity index (χ0v) is 16.5. The van der Waals surface area contributed by atoms with Gasteiger partial charge in [0.2, 0.25) is 0 Å². The SMILES string of the molecule is C=C1S[C@@H](n2cc(C)c(=O)[nH]c2=O)C[C@@H]1O[Si](C)(C)C(C)(C)C. The molecule has 23 heavy (non-hydrogen) atoms. The number of aromatic nitrogens is 2. The van der Waals surface area contributed by atoms with Gasteiger partial charge in [0, 0.05) is 23.1 Å². The van der Waals surface area contributed by atoms with Gasteiger partial charge in [-0.15, -0.1) is 11.8 Å². The summed E-state index contributed by atoms with van der Waals surface area (Å²) >= 11 is 1.55. The highest BCUT2D eigenvalue weighted by atomic mass is 32.2. The van der Waals surface area contributed by atoms with Crippen molar-refractivity contribution in [2.75, 3.05) is 0 Å². The second-order valence-corrected chi connectivity index (χ2v) is 13.7. The topological polar surface area (TPSA) is 64.1 Å². The largest absolute Gasteiger partial charge is 0.409 e. The molecule has 1 aromatic rings. The summed E-state index contributed by atoms with van der Waals surface area (Å²) < 4.78 is 8.04. The van der Waals surface area contributed by atoms with E-state index in [1.807, 2.05) is 0 Å². The number of rotatable bonds is 3. The Kier molecular flexibility index (Phi) is 4.85. The molecule has 2 rings (SSSR count). The molecule has 0 amide bonds. The van der Waals surface area contributed by atoms with Crippen LogP contribution in [0.5, 0.6) is 0 Å². The van der Waals surface area contributed by atoms with Gasteiger partial charge < -0.3 is 4.43 Å². The molecule has 7 heteroatoms. The standard InChI is InChI=1S/C16H26N2O3SSi/c1-10-9-18(15(20)17-14(10)19)13-8-12(11(2)22-13)21-23(6,7)16(3,4)5/h9,12-13H,2,8H2,1,3-7H3,(H,17,19,20)/t12-,13+/m0/s1. The molecule has 1 fully saturated rings. The van der Waals surface area contributed by atoms with Gasteiger partial charge in [0.1, 0.15) is 0 Å². The number of hydrogen-bond donors (Lipinski definition) is 1. The Morgan fingerprint density at radius 3 is 2.57 bits per heavy atom. The van der Waals surface area contributed by atoms with Crippen LogP contribution in [0.2, 0.25) is 18.1 Å². The van der Waals surface area contributed by atoms with Crippen LogP contribution in [0.3, 0.4) is 0 Å². The van der Waals surface area contributed by atoms with Gasteiger partial charge in [0.05, 0.1) is 11.5 Å². The lowest BCUT2D eigenvalue weighted by Crippen LogP contribution is -2.43. The van der Waals surface area contributed by atoms with Crippen molar-refractivity contribution in [1.29, 1.82) is 0 Å². The zero-order valence-electron chi connectivity index (χ0n) is 14.7. The molecule has 1 saturated heterocycles. The number of H-pyrrole nitrogens is 1. The van der Waals surface area contributed by atoms with Gasteiger partial charge in [0.15, 0.2) is 8.32 Å². The van der Waals surface area contributed by atoms with Crippen LogP contribution in [-0.4, -0.2) is 24.0 Å². The highest BCUT2D eigenvalue weighted by molar-refractivity contribution is 8.03. The molecule has 0 saturated carbocycles. The van der Waals surface area contributed by atoms with E-state index in [9.17, 15) is 9.59 Å². The molecule has 0 radical (unpaired) electrons. The number of nitrogens with one attached hydrogen (secondary N) is 1. The summed E-state index contributed by atoms with van der Waals surface area (Å²) in [6.07, 6.45) is 2.27. The highest BCUT2D eigenvalue weighted by Gasteiger charge is 2.42. The lowest BCUT2D eigenvalue weighted by molar-refractivity contribution is 0.210. The first-order chi connectivity index (χ1) is 10.4. The van der Waals surface area contributed by atoms with Crippen molar-refractivity contribution in [3.63, 3.8) is 0 Å². The molecule has 0 bridgehead atoms. The second kappa shape index (κ2) is 6.11. The minimum Gasteiger partial charge on any atom is -0.409 e. The summed E-state index contributed by atoms with van der Waals surface area (Å²) in [5, 5.41) is 0.0434. The summed E-state index contributed by atoms with van der Waals surface area (Å²) in [7, 11) is -1.90. The van der Waals surface area contributed by atoms with Crippen molar-refractivity contribution < 1.29 is 4.43 Å². The first kappa shape index (κ1) is 18.3. The van der Waals surface area contributed by atoms with Crippen LogP contribution >= 0.6 is 11.8 Å². The molecule has 1 aromatic heterocycles. The van der Waals surface area contributed by atoms with Crippen LogP contribution in [0.1, 0.15) is 38.1 Å². The highest BCUT2D eigenvalue weighted by Crippen LogP contribution is 2.47. The average molecular weight is 355 g/mol. The molecule has 2 heterocycles. The third-order valence-corrected chi connectivity index (χ3v) is 10.5. The first-order valence-corrected chi connectivity index (χ1v) is 11.6. The summed E-state index contributed by atoms with van der Waals surface area (Å²) in [6.45, 7) is 16.9. The molecule has 0 aliphatic carbocycles. The normalized spacial score (nSPS) is 22.6. The molecule has 5 nitrogen and oxygen atoms in total. The quantitative estimate of drug-likeness (QED) is 0.845. The Labute approximate surface area is 142 Å². The predicted molar refractivity (Wildman–Crippen MR) is 98.5 cm³/mol. The van der Waals surface area contributed by atoms with Gasteiger partial charge in [-0.05, 0) is 25.1 Å². The fourth-order valence-corrected chi connectivity index (χ4v) is 4.81. The molecule has 2 atom stereocenters. The summed E-state index contributed by atoms with van der Waals surface area (Å²) in [6, 6.07) is 0. The number of aromatic amines is 1. The maximum absolute atomic E-state index is 12.1. The van der Waals surface area contributed by atoms with Crippen molar-refractivity contribution in [1.82, 2.24) is 9.55 Å². The van der Waals surface area contributed by atoms with E-state index < -0.39 is 8.32 Å². The minimum atomic E-state index is -1.90. The monoisotopic (exact) mass is 354 g/mol. The van der Waals surface area contributed by atoms with E-state index in [1.165, 1.54) is 0 Å². The van der Waals surface area contributed by atoms with Crippen LogP contribution in [0, 0.1) is 6.92 Å². The summed E-state index contributed by atoms with van der Waals surface area (Å²) in [4.78, 5) is 26.9. The third-order valence-electron chi connectivity index (χ3n) is 4.76. The van der Waals surface area contributed by atoms with Gasteiger partial charge in [-0.3, -0.25) is 14.3 Å². The lowest BCUT2D eigenvalue weighted by Gasteiger charge is -2.38. The minimum absolute atomic E-state index is 0.0509. The fraction of sp³-hybridized carbons (Fsp3) is 0.625. The van der Waals surface area contributed by atoms with E-state index in [4.69, 9.17) is 4.43 Å². The van der Waals surface area contributed by atoms with E-state index in [2.05, 4.69) is 45.4 Å². The van der Waals surface area contributed by atoms with E-state index >= 15 is 0 Å². The van der Waals surface area contributed by atoms with E-state index in [1.54, 1.807) is 29.4 Å². The molecule has 0 aromatic carbocycles. The second-order valence-electron chi connectivity index (χ2n) is 7.62. The molecule has 1 aliphatic rings. The number of nitrogens with zero attached hydrogens (tertiary/aromatic N) is 1. The van der Waals surface area contributed by atoms with Crippen LogP contribution in [0.4, 0.5) is 0 Å². The van der Waals surface area contributed by atoms with Crippen molar-refractivity contribution in [3.8, 4) is 0 Å². The Morgan fingerprint density at radius 2 is 2.00 bits per heavy atom. The van der Waals surface area contributed by atoms with Gasteiger partial charge in [-0.1, -0.05) is 27.4 Å². The van der Waals surface area contributed by atoms with Crippen molar-refractivity contribution in [2.24, 2.45) is 0 Å². The van der Waals surface area contributed by atoms with Gasteiger partial charge in [-0.2, -0.15) is 0 Å². The molecule has 1 N–H and O–H groups in total. The Balaban J connectivity index is 2.23. The smallest absolute Gasteiger partial charge is 0.329 e. The van der Waals surface area contributed by atoms with Crippen molar-refractivity contribution >= 4 is 20.1 Å². The molecule has 1 aliphatic heterocycles. The van der Waals surface area contributed by atoms with Gasteiger partial charge in [-0.25, -0.2) is 4.79 Å². The van der Waals surface area contributed by atoms with Crippen LogP contribution in [0.15, 0.2) is 27.3 Å². The average Bonchev–Trinajstić information content (AvgIpc) is 2.73. The van der Waals surface area contributed by atoms with Gasteiger partial charge >= 0.3 is 5.69 Å². The molecule has 0 spiro atoms. The van der Waals surface area contributed by atoms with E-state index in [0.29, 0.717) is 12.0 Å². The lowest BCUT2D eigenvalue weighted by atomic mass is 10.2. The zero-order chi connectivity index (χ0) is 17.6. The van der Waals surface area contributed by atoms with Gasteiger partial charge in [0.25, 0.3) is 5.56 Å². The number of thioether (sulfide) groups is 1. The summed E-state index contributed by atoms with van der Waals surface area (Å²) in [5.41, 5.74) is -0.175. The van der Waals surface area contributed by atoms with Crippen LogP contribution in [-0.2, 0) is 4.43 Å². The van der Waals surface area contributed by atoms with Crippen LogP contribution in [0.25, 0.3) is 0 Å². The van der Waals surface area contributed by atoms with Crippen molar-refractivity contribution in [3.05, 3.63) is 44.1 Å². The predicted octanol–water partition coefficient (Wildman–Crippen LogP) is 3.38. The number of hydrogen-bond acceptors (Lipinski definition) is 4. The van der Waals surface area contributed by atoms with Crippen LogP contribution < -0.4 is 11.2 Å².